The predicted octanol–water partition coefficient (Wildman–Crippen LogP) is 4.62. The van der Waals surface area contributed by atoms with Crippen LogP contribution in [-0.2, 0) is 9.59 Å². The van der Waals surface area contributed by atoms with Crippen LogP contribution >= 0.6 is 23.2 Å². The first-order chi connectivity index (χ1) is 14.9. The molecule has 31 heavy (non-hydrogen) atoms. The Hall–Kier alpha value is -3.29. The zero-order valence-corrected chi connectivity index (χ0v) is 18.0. The summed E-state index contributed by atoms with van der Waals surface area (Å²) in [6, 6.07) is 8.53. The van der Waals surface area contributed by atoms with Gasteiger partial charge in [-0.05, 0) is 42.8 Å². The minimum atomic E-state index is -0.888. The van der Waals surface area contributed by atoms with Gasteiger partial charge in [-0.2, -0.15) is 0 Å². The third kappa shape index (κ3) is 4.73. The number of urea groups is 1. The third-order valence-corrected chi connectivity index (χ3v) is 4.78. The van der Waals surface area contributed by atoms with E-state index in [4.69, 9.17) is 32.7 Å². The number of nitrogens with one attached hydrogen (secondary N) is 1. The number of barbiturate groups is 1. The summed E-state index contributed by atoms with van der Waals surface area (Å²) in [5, 5.41) is 2.56. The molecule has 0 aliphatic carbocycles. The van der Waals surface area contributed by atoms with Crippen molar-refractivity contribution in [2.45, 2.75) is 6.92 Å². The second-order valence-electron chi connectivity index (χ2n) is 6.27. The molecule has 1 saturated heterocycles. The third-order valence-electron chi connectivity index (χ3n) is 4.18. The highest BCUT2D eigenvalue weighted by Gasteiger charge is 2.37. The Morgan fingerprint density at radius 3 is 2.52 bits per heavy atom. The van der Waals surface area contributed by atoms with Crippen LogP contribution in [0, 0.1) is 0 Å². The number of hydrogen-bond donors (Lipinski definition) is 1. The summed E-state index contributed by atoms with van der Waals surface area (Å²) in [7, 11) is 0. The van der Waals surface area contributed by atoms with Gasteiger partial charge in [-0.15, -0.1) is 0 Å². The molecule has 4 amide bonds. The van der Waals surface area contributed by atoms with E-state index < -0.39 is 17.8 Å². The number of carbonyl (C=O) groups is 3. The summed E-state index contributed by atoms with van der Waals surface area (Å²) < 4.78 is 11.1. The molecular weight excluding hydrogens is 443 g/mol. The summed E-state index contributed by atoms with van der Waals surface area (Å²) in [5.41, 5.74) is 0.301. The van der Waals surface area contributed by atoms with Crippen LogP contribution in [0.4, 0.5) is 10.5 Å². The molecule has 9 heteroatoms. The number of nitrogens with zero attached hydrogens (tertiary/aromatic N) is 1. The number of ether oxygens (including phenoxy) is 2. The van der Waals surface area contributed by atoms with E-state index in [2.05, 4.69) is 11.9 Å². The van der Waals surface area contributed by atoms with Crippen LogP contribution in [0.3, 0.4) is 0 Å². The molecule has 0 spiro atoms. The van der Waals surface area contributed by atoms with E-state index in [9.17, 15) is 14.4 Å². The molecule has 2 aromatic carbocycles. The van der Waals surface area contributed by atoms with Crippen LogP contribution < -0.4 is 19.7 Å². The highest BCUT2D eigenvalue weighted by Crippen LogP contribution is 2.38. The van der Waals surface area contributed by atoms with Crippen molar-refractivity contribution in [3.8, 4) is 11.5 Å². The average molecular weight is 461 g/mol. The summed E-state index contributed by atoms with van der Waals surface area (Å²) in [5.74, 6) is -0.994. The first-order valence-electron chi connectivity index (χ1n) is 9.23. The smallest absolute Gasteiger partial charge is 0.335 e. The number of benzene rings is 2. The summed E-state index contributed by atoms with van der Waals surface area (Å²) in [6.07, 6.45) is 2.88. The van der Waals surface area contributed by atoms with Crippen molar-refractivity contribution in [2.75, 3.05) is 18.1 Å². The molecule has 1 N–H and O–H groups in total. The van der Waals surface area contributed by atoms with E-state index in [-0.39, 0.29) is 27.9 Å². The molecule has 0 unspecified atom stereocenters. The lowest BCUT2D eigenvalue weighted by atomic mass is 10.1. The maximum Gasteiger partial charge on any atom is 0.335 e. The lowest BCUT2D eigenvalue weighted by Gasteiger charge is -2.27. The fourth-order valence-corrected chi connectivity index (χ4v) is 3.39. The van der Waals surface area contributed by atoms with E-state index in [1.54, 1.807) is 31.2 Å². The fourth-order valence-electron chi connectivity index (χ4n) is 2.89. The van der Waals surface area contributed by atoms with Crippen molar-refractivity contribution in [1.29, 1.82) is 0 Å². The second-order valence-corrected chi connectivity index (χ2v) is 7.09. The van der Waals surface area contributed by atoms with Crippen LogP contribution in [0.15, 0.2) is 54.6 Å². The highest BCUT2D eigenvalue weighted by molar-refractivity contribution is 6.42. The van der Waals surface area contributed by atoms with E-state index in [0.29, 0.717) is 23.7 Å². The van der Waals surface area contributed by atoms with Crippen molar-refractivity contribution < 1.29 is 23.9 Å². The molecule has 0 radical (unpaired) electrons. The largest absolute Gasteiger partial charge is 0.490 e. The van der Waals surface area contributed by atoms with Gasteiger partial charge in [0.15, 0.2) is 11.5 Å². The lowest BCUT2D eigenvalue weighted by Crippen LogP contribution is -2.54. The van der Waals surface area contributed by atoms with Gasteiger partial charge in [0.2, 0.25) is 0 Å². The number of anilines is 1. The monoisotopic (exact) mass is 460 g/mol. The number of hydrogen-bond acceptors (Lipinski definition) is 5. The van der Waals surface area contributed by atoms with Crippen molar-refractivity contribution in [3.63, 3.8) is 0 Å². The van der Waals surface area contributed by atoms with Gasteiger partial charge in [0.1, 0.15) is 12.2 Å². The van der Waals surface area contributed by atoms with Gasteiger partial charge in [-0.3, -0.25) is 14.9 Å². The molecule has 1 heterocycles. The second kappa shape index (κ2) is 9.68. The molecule has 2 aromatic rings. The normalized spacial score (nSPS) is 15.1. The molecule has 0 saturated carbocycles. The van der Waals surface area contributed by atoms with E-state index in [1.807, 2.05) is 0 Å². The van der Waals surface area contributed by atoms with Gasteiger partial charge in [0, 0.05) is 0 Å². The predicted molar refractivity (Wildman–Crippen MR) is 119 cm³/mol. The number of halogens is 2. The Morgan fingerprint density at radius 2 is 1.84 bits per heavy atom. The Kier molecular flexibility index (Phi) is 6.99. The summed E-state index contributed by atoms with van der Waals surface area (Å²) in [6.45, 7) is 5.95. The quantitative estimate of drug-likeness (QED) is 0.370. The van der Waals surface area contributed by atoms with Gasteiger partial charge in [0.25, 0.3) is 11.8 Å². The van der Waals surface area contributed by atoms with Crippen LogP contribution in [0.5, 0.6) is 11.5 Å². The number of imide groups is 2. The Balaban J connectivity index is 2.04. The van der Waals surface area contributed by atoms with Gasteiger partial charge in [-0.1, -0.05) is 48.0 Å². The van der Waals surface area contributed by atoms with Gasteiger partial charge in [-0.25, -0.2) is 9.69 Å². The summed E-state index contributed by atoms with van der Waals surface area (Å²) in [4.78, 5) is 38.6. The van der Waals surface area contributed by atoms with Crippen LogP contribution in [0.1, 0.15) is 12.5 Å². The molecule has 1 aliphatic heterocycles. The van der Waals surface area contributed by atoms with E-state index in [1.165, 1.54) is 24.3 Å². The Morgan fingerprint density at radius 1 is 1.10 bits per heavy atom. The molecule has 0 bridgehead atoms. The minimum Gasteiger partial charge on any atom is -0.490 e. The molecule has 0 atom stereocenters. The Bertz CT molecular complexity index is 1100. The zero-order chi connectivity index (χ0) is 22.5. The maximum atomic E-state index is 13.0. The highest BCUT2D eigenvalue weighted by atomic mass is 35.5. The van der Waals surface area contributed by atoms with Crippen LogP contribution in [0.2, 0.25) is 10.0 Å². The van der Waals surface area contributed by atoms with Crippen molar-refractivity contribution in [3.05, 3.63) is 70.2 Å². The number of para-hydroxylation sites is 1. The molecule has 0 aromatic heterocycles. The molecule has 3 rings (SSSR count). The van der Waals surface area contributed by atoms with Gasteiger partial charge in [0.05, 0.1) is 22.3 Å². The first-order valence-corrected chi connectivity index (χ1v) is 9.99. The molecular formula is C22H18Cl2N2O5. The standard InChI is InChI=1S/C22H18Cl2N2O5/c1-3-9-31-19-16(24)11-13(12-18(19)30-4-2)10-14-20(27)25-22(29)26(21(14)28)17-8-6-5-7-15(17)23/h3,5-8,10-12H,1,4,9H2,2H3,(H,25,27,29). The zero-order valence-electron chi connectivity index (χ0n) is 16.5. The number of amides is 4. The minimum absolute atomic E-state index is 0.159. The topological polar surface area (TPSA) is 84.9 Å². The van der Waals surface area contributed by atoms with Gasteiger partial charge < -0.3 is 9.47 Å². The van der Waals surface area contributed by atoms with Crippen LogP contribution in [0.25, 0.3) is 6.08 Å². The maximum absolute atomic E-state index is 13.0. The van der Waals surface area contributed by atoms with E-state index >= 15 is 0 Å². The fraction of sp³-hybridized carbons (Fsp3) is 0.136. The number of carbonyl (C=O) groups excluding carboxylic acids is 3. The first kappa shape index (κ1) is 22.4. The van der Waals surface area contributed by atoms with Crippen molar-refractivity contribution in [1.82, 2.24) is 5.32 Å². The molecule has 7 nitrogen and oxygen atoms in total. The SMILES string of the molecule is C=CCOc1c(Cl)cc(C=C2C(=O)NC(=O)N(c3ccccc3Cl)C2=O)cc1OCC. The molecule has 160 valence electrons. The molecule has 1 aliphatic rings. The lowest BCUT2D eigenvalue weighted by molar-refractivity contribution is -0.122. The van der Waals surface area contributed by atoms with Crippen molar-refractivity contribution >= 4 is 52.8 Å². The Labute approximate surface area is 188 Å². The number of rotatable bonds is 7. The van der Waals surface area contributed by atoms with Gasteiger partial charge >= 0.3 is 6.03 Å². The average Bonchev–Trinajstić information content (AvgIpc) is 2.72. The molecule has 1 fully saturated rings. The van der Waals surface area contributed by atoms with E-state index in [0.717, 1.165) is 4.90 Å². The van der Waals surface area contributed by atoms with Crippen molar-refractivity contribution in [2.24, 2.45) is 0 Å². The van der Waals surface area contributed by atoms with Crippen LogP contribution in [-0.4, -0.2) is 31.1 Å². The summed E-state index contributed by atoms with van der Waals surface area (Å²) >= 11 is 12.5.